The van der Waals surface area contributed by atoms with Crippen LogP contribution in [0, 0.1) is 15.9 Å². The summed E-state index contributed by atoms with van der Waals surface area (Å²) >= 11 is 0. The van der Waals surface area contributed by atoms with Crippen LogP contribution in [0.15, 0.2) is 54.7 Å². The molecule has 0 unspecified atom stereocenters. The quantitative estimate of drug-likeness (QED) is 0.408. The Labute approximate surface area is 154 Å². The lowest BCUT2D eigenvalue weighted by molar-refractivity contribution is -0.384. The van der Waals surface area contributed by atoms with Gasteiger partial charge in [-0.25, -0.2) is 9.07 Å². The van der Waals surface area contributed by atoms with Crippen LogP contribution in [-0.4, -0.2) is 20.6 Å². The van der Waals surface area contributed by atoms with Gasteiger partial charge < -0.3 is 5.32 Å². The smallest absolute Gasteiger partial charge is 0.322 e. The molecule has 3 aromatic rings. The first kappa shape index (κ1) is 19.0. The number of benzene rings is 2. The highest BCUT2D eigenvalue weighted by atomic mass is 19.4. The maximum absolute atomic E-state index is 13.6. The number of nitro benzene ring substituents is 1. The molecule has 0 atom stereocenters. The largest absolute Gasteiger partial charge is 0.434 e. The summed E-state index contributed by atoms with van der Waals surface area (Å²) in [5.41, 5.74) is -2.42. The van der Waals surface area contributed by atoms with E-state index in [2.05, 4.69) is 10.4 Å². The molecule has 3 rings (SSSR count). The number of carbonyl (C=O) groups is 1. The molecule has 0 aliphatic rings. The minimum Gasteiger partial charge on any atom is -0.322 e. The van der Waals surface area contributed by atoms with E-state index in [1.165, 1.54) is 12.1 Å². The van der Waals surface area contributed by atoms with Crippen molar-refractivity contribution in [2.45, 2.75) is 6.18 Å². The average Bonchev–Trinajstić information content (AvgIpc) is 3.09. The Morgan fingerprint density at radius 1 is 1.07 bits per heavy atom. The number of amides is 1. The van der Waals surface area contributed by atoms with Gasteiger partial charge in [-0.15, -0.1) is 0 Å². The van der Waals surface area contributed by atoms with E-state index in [-0.39, 0.29) is 17.1 Å². The van der Waals surface area contributed by atoms with E-state index in [0.29, 0.717) is 4.68 Å². The number of aromatic nitrogens is 2. The third-order valence-corrected chi connectivity index (χ3v) is 3.69. The predicted molar refractivity (Wildman–Crippen MR) is 89.6 cm³/mol. The molecule has 28 heavy (non-hydrogen) atoms. The fourth-order valence-corrected chi connectivity index (χ4v) is 2.43. The Morgan fingerprint density at radius 2 is 1.68 bits per heavy atom. The Kier molecular flexibility index (Phi) is 4.82. The second kappa shape index (κ2) is 7.10. The molecule has 1 amide bonds. The fraction of sp³-hybridized carbons (Fsp3) is 0.0588. The topological polar surface area (TPSA) is 90.1 Å². The third-order valence-electron chi connectivity index (χ3n) is 3.69. The van der Waals surface area contributed by atoms with Gasteiger partial charge in [-0.1, -0.05) is 0 Å². The van der Waals surface area contributed by atoms with Crippen LogP contribution in [0.2, 0.25) is 0 Å². The van der Waals surface area contributed by atoms with Crippen molar-refractivity contribution in [2.75, 3.05) is 5.32 Å². The number of nitro groups is 1. The lowest BCUT2D eigenvalue weighted by Gasteiger charge is -2.13. The molecule has 0 fully saturated rings. The van der Waals surface area contributed by atoms with Crippen molar-refractivity contribution in [1.82, 2.24) is 9.78 Å². The first-order valence-electron chi connectivity index (χ1n) is 7.64. The van der Waals surface area contributed by atoms with Crippen molar-refractivity contribution in [1.29, 1.82) is 0 Å². The van der Waals surface area contributed by atoms with Crippen LogP contribution in [0.4, 0.5) is 28.9 Å². The highest BCUT2D eigenvalue weighted by Crippen LogP contribution is 2.34. The van der Waals surface area contributed by atoms with E-state index in [1.807, 2.05) is 0 Å². The second-order valence-electron chi connectivity index (χ2n) is 5.55. The molecule has 0 aliphatic heterocycles. The maximum Gasteiger partial charge on any atom is 0.434 e. The third kappa shape index (κ3) is 3.82. The van der Waals surface area contributed by atoms with Gasteiger partial charge >= 0.3 is 6.18 Å². The van der Waals surface area contributed by atoms with Crippen molar-refractivity contribution < 1.29 is 27.3 Å². The zero-order valence-electron chi connectivity index (χ0n) is 13.8. The fourth-order valence-electron chi connectivity index (χ4n) is 2.43. The van der Waals surface area contributed by atoms with Gasteiger partial charge in [-0.2, -0.15) is 18.3 Å². The zero-order valence-corrected chi connectivity index (χ0v) is 13.8. The van der Waals surface area contributed by atoms with Gasteiger partial charge in [0.2, 0.25) is 0 Å². The standard InChI is InChI=1S/C17H10F4N4O3/c18-10-1-3-11(4-2-10)23-16(26)14-9-22-24(15(14)17(19,20)21)12-5-7-13(8-6-12)25(27)28/h1-9H,(H,23,26). The van der Waals surface area contributed by atoms with E-state index in [9.17, 15) is 32.5 Å². The van der Waals surface area contributed by atoms with Crippen LogP contribution in [0.5, 0.6) is 0 Å². The summed E-state index contributed by atoms with van der Waals surface area (Å²) in [6.07, 6.45) is -4.20. The first-order valence-corrected chi connectivity index (χ1v) is 7.64. The summed E-state index contributed by atoms with van der Waals surface area (Å²) in [6.45, 7) is 0. The number of carbonyl (C=O) groups excluding carboxylic acids is 1. The summed E-state index contributed by atoms with van der Waals surface area (Å²) in [5.74, 6) is -1.66. The van der Waals surface area contributed by atoms with E-state index in [4.69, 9.17) is 0 Å². The maximum atomic E-state index is 13.6. The molecule has 0 bridgehead atoms. The van der Waals surface area contributed by atoms with Crippen LogP contribution in [0.1, 0.15) is 16.1 Å². The molecule has 1 N–H and O–H groups in total. The van der Waals surface area contributed by atoms with E-state index < -0.39 is 34.1 Å². The molecule has 1 aromatic heterocycles. The van der Waals surface area contributed by atoms with Crippen LogP contribution < -0.4 is 5.32 Å². The first-order chi connectivity index (χ1) is 13.2. The van der Waals surface area contributed by atoms with E-state index in [1.54, 1.807) is 0 Å². The Hall–Kier alpha value is -3.76. The van der Waals surface area contributed by atoms with Crippen LogP contribution >= 0.6 is 0 Å². The average molecular weight is 394 g/mol. The van der Waals surface area contributed by atoms with Gasteiger partial charge in [0.25, 0.3) is 11.6 Å². The van der Waals surface area contributed by atoms with Crippen molar-refractivity contribution in [2.24, 2.45) is 0 Å². The number of hydrogen-bond acceptors (Lipinski definition) is 4. The minimum atomic E-state index is -4.94. The number of rotatable bonds is 4. The summed E-state index contributed by atoms with van der Waals surface area (Å²) in [4.78, 5) is 22.3. The van der Waals surface area contributed by atoms with E-state index >= 15 is 0 Å². The lowest BCUT2D eigenvalue weighted by Crippen LogP contribution is -2.20. The van der Waals surface area contributed by atoms with Crippen molar-refractivity contribution in [3.63, 3.8) is 0 Å². The van der Waals surface area contributed by atoms with Crippen LogP contribution in [-0.2, 0) is 6.18 Å². The van der Waals surface area contributed by atoms with Gasteiger partial charge in [0.1, 0.15) is 5.82 Å². The second-order valence-corrected chi connectivity index (χ2v) is 5.55. The van der Waals surface area contributed by atoms with Gasteiger partial charge in [-0.05, 0) is 36.4 Å². The summed E-state index contributed by atoms with van der Waals surface area (Å²) < 4.78 is 54.2. The number of halogens is 4. The van der Waals surface area contributed by atoms with Crippen molar-refractivity contribution in [3.05, 3.63) is 81.9 Å². The monoisotopic (exact) mass is 394 g/mol. The van der Waals surface area contributed by atoms with Crippen LogP contribution in [0.25, 0.3) is 5.69 Å². The molecule has 0 spiro atoms. The lowest BCUT2D eigenvalue weighted by atomic mass is 10.2. The number of nitrogens with one attached hydrogen (secondary N) is 1. The van der Waals surface area contributed by atoms with Gasteiger partial charge in [-0.3, -0.25) is 14.9 Å². The number of nitrogens with zero attached hydrogens (tertiary/aromatic N) is 3. The van der Waals surface area contributed by atoms with Crippen molar-refractivity contribution in [3.8, 4) is 5.69 Å². The van der Waals surface area contributed by atoms with Gasteiger partial charge in [0, 0.05) is 17.8 Å². The van der Waals surface area contributed by atoms with Crippen LogP contribution in [0.3, 0.4) is 0 Å². The Bertz CT molecular complexity index is 1030. The predicted octanol–water partition coefficient (Wildman–Crippen LogP) is 4.19. The molecule has 7 nitrogen and oxygen atoms in total. The normalized spacial score (nSPS) is 11.3. The number of alkyl halides is 3. The molecule has 0 radical (unpaired) electrons. The van der Waals surface area contributed by atoms with Gasteiger partial charge in [0.05, 0.1) is 22.4 Å². The van der Waals surface area contributed by atoms with Crippen molar-refractivity contribution >= 4 is 17.3 Å². The molecular weight excluding hydrogens is 384 g/mol. The molecule has 0 saturated carbocycles. The number of hydrogen-bond donors (Lipinski definition) is 1. The Morgan fingerprint density at radius 3 is 2.21 bits per heavy atom. The molecule has 0 aliphatic carbocycles. The summed E-state index contributed by atoms with van der Waals surface area (Å²) in [7, 11) is 0. The molecule has 1 heterocycles. The minimum absolute atomic E-state index is 0.0996. The Balaban J connectivity index is 1.99. The highest BCUT2D eigenvalue weighted by Gasteiger charge is 2.40. The number of anilines is 1. The SMILES string of the molecule is O=C(Nc1ccc(F)cc1)c1cnn(-c2ccc([N+](=O)[O-])cc2)c1C(F)(F)F. The summed E-state index contributed by atoms with van der Waals surface area (Å²) in [5, 5.41) is 16.5. The zero-order chi connectivity index (χ0) is 20.5. The molecule has 2 aromatic carbocycles. The van der Waals surface area contributed by atoms with Gasteiger partial charge in [0.15, 0.2) is 5.69 Å². The molecule has 144 valence electrons. The highest BCUT2D eigenvalue weighted by molar-refractivity contribution is 6.05. The molecule has 11 heteroatoms. The molecule has 0 saturated heterocycles. The van der Waals surface area contributed by atoms with E-state index in [0.717, 1.165) is 42.6 Å². The summed E-state index contributed by atoms with van der Waals surface area (Å²) in [6, 6.07) is 8.69. The molecular formula is C17H10F4N4O3. The number of non-ortho nitro benzene ring substituents is 1.